The number of aromatic hydroxyl groups is 1. The van der Waals surface area contributed by atoms with Gasteiger partial charge in [-0.15, -0.1) is 0 Å². The Labute approximate surface area is 155 Å². The average Bonchev–Trinajstić information content (AvgIpc) is 2.66. The van der Waals surface area contributed by atoms with Crippen molar-refractivity contribution in [1.82, 2.24) is 9.80 Å². The lowest BCUT2D eigenvalue weighted by molar-refractivity contribution is 0.0496. The number of ether oxygens (including phenoxy) is 1. The summed E-state index contributed by atoms with van der Waals surface area (Å²) in [4.78, 5) is 4.80. The molecule has 2 N–H and O–H groups in total. The van der Waals surface area contributed by atoms with Gasteiger partial charge in [0, 0.05) is 50.9 Å². The van der Waals surface area contributed by atoms with Crippen LogP contribution in [0.3, 0.4) is 0 Å². The van der Waals surface area contributed by atoms with Gasteiger partial charge in [0.25, 0.3) is 0 Å². The van der Waals surface area contributed by atoms with Crippen LogP contribution in [0, 0.1) is 0 Å². The lowest BCUT2D eigenvalue weighted by Crippen LogP contribution is -2.52. The molecule has 0 aromatic heterocycles. The Balaban J connectivity index is 1.65. The normalized spacial score (nSPS) is 18.8. The summed E-state index contributed by atoms with van der Waals surface area (Å²) in [6, 6.07) is 16.1. The van der Waals surface area contributed by atoms with E-state index in [0.717, 1.165) is 43.9 Å². The number of aliphatic hydroxyl groups is 1. The molecule has 0 unspecified atom stereocenters. The standard InChI is InChI=1S/C21H28N2O3/c1-26-20-7-8-21(25)18(13-20)15-22-10-11-23(19(16-22)9-12-24)14-17-5-3-2-4-6-17/h2-8,13,19,24-25H,9-12,14-16H2,1H3/t19-/m0/s1. The molecule has 2 aromatic rings. The molecule has 140 valence electrons. The number of methoxy groups -OCH3 is 1. The van der Waals surface area contributed by atoms with Gasteiger partial charge in [0.2, 0.25) is 0 Å². The quantitative estimate of drug-likeness (QED) is 0.798. The SMILES string of the molecule is COc1ccc(O)c(CN2CCN(Cc3ccccc3)[C@@H](CCO)C2)c1. The summed E-state index contributed by atoms with van der Waals surface area (Å²) in [7, 11) is 1.63. The van der Waals surface area contributed by atoms with Crippen LogP contribution in [-0.2, 0) is 13.1 Å². The molecule has 1 aliphatic rings. The molecule has 0 radical (unpaired) electrons. The number of hydrogen-bond acceptors (Lipinski definition) is 5. The van der Waals surface area contributed by atoms with Gasteiger partial charge < -0.3 is 14.9 Å². The van der Waals surface area contributed by atoms with E-state index in [1.165, 1.54) is 5.56 Å². The molecule has 1 saturated heterocycles. The largest absolute Gasteiger partial charge is 0.508 e. The minimum Gasteiger partial charge on any atom is -0.508 e. The number of rotatable bonds is 7. The van der Waals surface area contributed by atoms with Gasteiger partial charge in [-0.1, -0.05) is 30.3 Å². The van der Waals surface area contributed by atoms with Crippen molar-refractivity contribution in [3.63, 3.8) is 0 Å². The lowest BCUT2D eigenvalue weighted by atomic mass is 10.1. The Morgan fingerprint density at radius 3 is 2.62 bits per heavy atom. The van der Waals surface area contributed by atoms with Crippen LogP contribution in [0.4, 0.5) is 0 Å². The van der Waals surface area contributed by atoms with Gasteiger partial charge in [-0.05, 0) is 30.2 Å². The Morgan fingerprint density at radius 1 is 1.08 bits per heavy atom. The zero-order valence-electron chi connectivity index (χ0n) is 15.3. The molecule has 26 heavy (non-hydrogen) atoms. The van der Waals surface area contributed by atoms with Crippen molar-refractivity contribution in [3.05, 3.63) is 59.7 Å². The monoisotopic (exact) mass is 356 g/mol. The predicted molar refractivity (Wildman–Crippen MR) is 102 cm³/mol. The van der Waals surface area contributed by atoms with Crippen molar-refractivity contribution in [3.8, 4) is 11.5 Å². The van der Waals surface area contributed by atoms with E-state index < -0.39 is 0 Å². The minimum atomic E-state index is 0.189. The summed E-state index contributed by atoms with van der Waals surface area (Å²) in [5, 5.41) is 19.6. The fourth-order valence-corrected chi connectivity index (χ4v) is 3.61. The molecule has 0 spiro atoms. The van der Waals surface area contributed by atoms with Gasteiger partial charge in [-0.2, -0.15) is 0 Å². The van der Waals surface area contributed by atoms with Crippen LogP contribution < -0.4 is 4.74 Å². The van der Waals surface area contributed by atoms with Crippen LogP contribution in [0.2, 0.25) is 0 Å². The van der Waals surface area contributed by atoms with Crippen molar-refractivity contribution < 1.29 is 14.9 Å². The van der Waals surface area contributed by atoms with E-state index in [1.807, 2.05) is 12.1 Å². The molecule has 0 saturated carbocycles. The lowest BCUT2D eigenvalue weighted by Gasteiger charge is -2.41. The molecule has 5 heteroatoms. The molecule has 1 heterocycles. The summed E-state index contributed by atoms with van der Waals surface area (Å²) in [5.41, 5.74) is 2.18. The average molecular weight is 356 g/mol. The van der Waals surface area contributed by atoms with Gasteiger partial charge in [0.15, 0.2) is 0 Å². The van der Waals surface area contributed by atoms with Crippen LogP contribution in [-0.4, -0.2) is 59.4 Å². The second kappa shape index (κ2) is 9.03. The van der Waals surface area contributed by atoms with Crippen LogP contribution in [0.1, 0.15) is 17.5 Å². The van der Waals surface area contributed by atoms with Crippen LogP contribution in [0.25, 0.3) is 0 Å². The topological polar surface area (TPSA) is 56.2 Å². The molecule has 1 aliphatic heterocycles. The highest BCUT2D eigenvalue weighted by molar-refractivity contribution is 5.39. The number of benzene rings is 2. The number of phenolic OH excluding ortho intramolecular Hbond substituents is 1. The third-order valence-corrected chi connectivity index (χ3v) is 5.06. The fraction of sp³-hybridized carbons (Fsp3) is 0.429. The molecule has 1 atom stereocenters. The summed E-state index contributed by atoms with van der Waals surface area (Å²) >= 11 is 0. The van der Waals surface area contributed by atoms with Crippen LogP contribution in [0.5, 0.6) is 11.5 Å². The summed E-state index contributed by atoms with van der Waals surface area (Å²) in [5.74, 6) is 1.06. The van der Waals surface area contributed by atoms with E-state index in [2.05, 4.69) is 34.1 Å². The number of piperazine rings is 1. The maximum atomic E-state index is 10.1. The van der Waals surface area contributed by atoms with Gasteiger partial charge in [0.1, 0.15) is 11.5 Å². The maximum absolute atomic E-state index is 10.1. The molecule has 1 fully saturated rings. The van der Waals surface area contributed by atoms with Crippen LogP contribution in [0.15, 0.2) is 48.5 Å². The van der Waals surface area contributed by atoms with Crippen molar-refractivity contribution in [1.29, 1.82) is 0 Å². The number of phenols is 1. The highest BCUT2D eigenvalue weighted by Gasteiger charge is 2.27. The van der Waals surface area contributed by atoms with E-state index >= 15 is 0 Å². The predicted octanol–water partition coefficient (Wildman–Crippen LogP) is 2.47. The zero-order valence-corrected chi connectivity index (χ0v) is 15.3. The molecule has 0 amide bonds. The molecule has 0 bridgehead atoms. The van der Waals surface area contributed by atoms with Crippen molar-refractivity contribution in [2.75, 3.05) is 33.4 Å². The van der Waals surface area contributed by atoms with Gasteiger partial charge in [-0.3, -0.25) is 9.80 Å². The smallest absolute Gasteiger partial charge is 0.120 e. The van der Waals surface area contributed by atoms with Gasteiger partial charge in [-0.25, -0.2) is 0 Å². The van der Waals surface area contributed by atoms with Crippen molar-refractivity contribution in [2.24, 2.45) is 0 Å². The van der Waals surface area contributed by atoms with E-state index in [9.17, 15) is 10.2 Å². The van der Waals surface area contributed by atoms with Gasteiger partial charge >= 0.3 is 0 Å². The second-order valence-corrected chi connectivity index (χ2v) is 6.85. The highest BCUT2D eigenvalue weighted by Crippen LogP contribution is 2.26. The summed E-state index contributed by atoms with van der Waals surface area (Å²) in [6.07, 6.45) is 0.757. The first kappa shape index (κ1) is 18.7. The third-order valence-electron chi connectivity index (χ3n) is 5.06. The third kappa shape index (κ3) is 4.75. The molecular formula is C21H28N2O3. The second-order valence-electron chi connectivity index (χ2n) is 6.85. The van der Waals surface area contributed by atoms with Crippen molar-refractivity contribution in [2.45, 2.75) is 25.6 Å². The maximum Gasteiger partial charge on any atom is 0.120 e. The van der Waals surface area contributed by atoms with E-state index in [1.54, 1.807) is 19.2 Å². The fourth-order valence-electron chi connectivity index (χ4n) is 3.61. The van der Waals surface area contributed by atoms with Gasteiger partial charge in [0.05, 0.1) is 7.11 Å². The highest BCUT2D eigenvalue weighted by atomic mass is 16.5. The summed E-state index contributed by atoms with van der Waals surface area (Å²) in [6.45, 7) is 4.54. The Kier molecular flexibility index (Phi) is 6.50. The first-order valence-corrected chi connectivity index (χ1v) is 9.16. The molecule has 3 rings (SSSR count). The summed E-state index contributed by atoms with van der Waals surface area (Å²) < 4.78 is 5.27. The Hall–Kier alpha value is -2.08. The van der Waals surface area contributed by atoms with E-state index in [0.29, 0.717) is 18.3 Å². The zero-order chi connectivity index (χ0) is 18.4. The first-order valence-electron chi connectivity index (χ1n) is 9.16. The molecule has 2 aromatic carbocycles. The number of hydrogen-bond donors (Lipinski definition) is 2. The molecule has 5 nitrogen and oxygen atoms in total. The van der Waals surface area contributed by atoms with E-state index in [4.69, 9.17) is 4.74 Å². The van der Waals surface area contributed by atoms with E-state index in [-0.39, 0.29) is 6.61 Å². The van der Waals surface area contributed by atoms with Crippen LogP contribution >= 0.6 is 0 Å². The molecular weight excluding hydrogens is 328 g/mol. The van der Waals surface area contributed by atoms with Crippen molar-refractivity contribution >= 4 is 0 Å². The minimum absolute atomic E-state index is 0.189. The number of nitrogens with zero attached hydrogens (tertiary/aromatic N) is 2. The molecule has 0 aliphatic carbocycles. The Morgan fingerprint density at radius 2 is 1.88 bits per heavy atom. The number of aliphatic hydroxyl groups excluding tert-OH is 1. The first-order chi connectivity index (χ1) is 12.7. The Bertz CT molecular complexity index is 693.